The Hall–Kier alpha value is -0.820. The molecule has 0 aromatic rings. The monoisotopic (exact) mass is 253 g/mol. The molecule has 3 N–H and O–H groups in total. The lowest BCUT2D eigenvalue weighted by Gasteiger charge is -2.40. The Labute approximate surface area is 98.3 Å². The van der Waals surface area contributed by atoms with E-state index >= 15 is 0 Å². The molecule has 1 aliphatic rings. The van der Waals surface area contributed by atoms with E-state index in [1.165, 1.54) is 11.9 Å². The van der Waals surface area contributed by atoms with Gasteiger partial charge in [0, 0.05) is 13.6 Å². The Kier molecular flexibility index (Phi) is 4.76. The van der Waals surface area contributed by atoms with Crippen LogP contribution in [0.15, 0.2) is 0 Å². The molecule has 1 heterocycles. The van der Waals surface area contributed by atoms with Crippen molar-refractivity contribution in [1.82, 2.24) is 10.2 Å². The molecule has 100 valence electrons. The number of hydrogen-bond donors (Lipinski definition) is 2. The molecule has 1 aliphatic heterocycles. The first-order chi connectivity index (χ1) is 7.91. The van der Waals surface area contributed by atoms with Crippen molar-refractivity contribution < 1.29 is 18.0 Å². The van der Waals surface area contributed by atoms with E-state index in [1.807, 2.05) is 0 Å². The fourth-order valence-corrected chi connectivity index (χ4v) is 2.23. The fraction of sp³-hybridized carbons (Fsp3) is 0.900. The Balaban J connectivity index is 2.86. The van der Waals surface area contributed by atoms with Crippen LogP contribution in [0.2, 0.25) is 0 Å². The zero-order valence-electron chi connectivity index (χ0n) is 9.76. The van der Waals surface area contributed by atoms with Gasteiger partial charge in [-0.25, -0.2) is 0 Å². The number of nitrogens with two attached hydrogens (primary N) is 1. The van der Waals surface area contributed by atoms with Crippen LogP contribution in [-0.2, 0) is 4.79 Å². The van der Waals surface area contributed by atoms with Gasteiger partial charge in [0.15, 0.2) is 0 Å². The Morgan fingerprint density at radius 3 is 2.65 bits per heavy atom. The lowest BCUT2D eigenvalue weighted by molar-refractivity contribution is -0.190. The summed E-state index contributed by atoms with van der Waals surface area (Å²) < 4.78 is 38.4. The van der Waals surface area contributed by atoms with Crippen LogP contribution in [0.1, 0.15) is 19.3 Å². The molecule has 7 heteroatoms. The van der Waals surface area contributed by atoms with Crippen LogP contribution in [0.3, 0.4) is 0 Å². The zero-order valence-corrected chi connectivity index (χ0v) is 9.76. The first-order valence-corrected chi connectivity index (χ1v) is 5.66. The van der Waals surface area contributed by atoms with Crippen LogP contribution in [0.5, 0.6) is 0 Å². The molecule has 1 fully saturated rings. The van der Waals surface area contributed by atoms with Crippen molar-refractivity contribution in [3.63, 3.8) is 0 Å². The first kappa shape index (κ1) is 14.2. The molecule has 0 aromatic heterocycles. The Morgan fingerprint density at radius 2 is 2.18 bits per heavy atom. The number of amides is 1. The molecular weight excluding hydrogens is 235 g/mol. The summed E-state index contributed by atoms with van der Waals surface area (Å²) in [4.78, 5) is 12.7. The molecule has 2 unspecified atom stereocenters. The molecule has 0 bridgehead atoms. The summed E-state index contributed by atoms with van der Waals surface area (Å²) in [5.74, 6) is -0.368. The Bertz CT molecular complexity index is 270. The van der Waals surface area contributed by atoms with Gasteiger partial charge in [-0.3, -0.25) is 9.69 Å². The third kappa shape index (κ3) is 3.32. The number of likely N-dealkylation sites (tertiary alicyclic amines) is 1. The number of halogens is 3. The van der Waals surface area contributed by atoms with Crippen molar-refractivity contribution in [2.75, 3.05) is 20.1 Å². The lowest BCUT2D eigenvalue weighted by Crippen LogP contribution is -2.59. The number of carbonyl (C=O) groups is 1. The average molecular weight is 253 g/mol. The number of alkyl halides is 3. The second-order valence-electron chi connectivity index (χ2n) is 4.16. The molecular formula is C10H18F3N3O. The topological polar surface area (TPSA) is 58.4 Å². The van der Waals surface area contributed by atoms with Gasteiger partial charge in [-0.2, -0.15) is 13.2 Å². The molecule has 2 atom stereocenters. The summed E-state index contributed by atoms with van der Waals surface area (Å²) in [5.41, 5.74) is 5.20. The number of piperidine rings is 1. The van der Waals surface area contributed by atoms with Crippen molar-refractivity contribution in [2.45, 2.75) is 37.5 Å². The molecule has 4 nitrogen and oxygen atoms in total. The van der Waals surface area contributed by atoms with E-state index in [4.69, 9.17) is 5.73 Å². The van der Waals surface area contributed by atoms with E-state index in [-0.39, 0.29) is 12.5 Å². The summed E-state index contributed by atoms with van der Waals surface area (Å²) in [6.07, 6.45) is -2.51. The maximum atomic E-state index is 12.8. The minimum absolute atomic E-state index is 0.263. The minimum atomic E-state index is -4.39. The molecule has 0 saturated carbocycles. The first-order valence-electron chi connectivity index (χ1n) is 5.66. The smallest absolute Gasteiger partial charge is 0.358 e. The number of rotatable bonds is 3. The molecule has 1 saturated heterocycles. The maximum absolute atomic E-state index is 12.8. The largest absolute Gasteiger partial charge is 0.405 e. The van der Waals surface area contributed by atoms with Crippen molar-refractivity contribution in [3.8, 4) is 0 Å². The summed E-state index contributed by atoms with van der Waals surface area (Å²) in [6.45, 7) is -0.254. The zero-order chi connectivity index (χ0) is 13.1. The van der Waals surface area contributed by atoms with Crippen molar-refractivity contribution in [1.29, 1.82) is 0 Å². The van der Waals surface area contributed by atoms with Crippen LogP contribution in [0.4, 0.5) is 13.2 Å². The number of nitrogens with one attached hydrogen (secondary N) is 1. The van der Waals surface area contributed by atoms with E-state index in [0.717, 1.165) is 6.42 Å². The summed E-state index contributed by atoms with van der Waals surface area (Å²) in [6, 6.07) is -2.45. The molecule has 0 spiro atoms. The van der Waals surface area contributed by atoms with Gasteiger partial charge in [0.25, 0.3) is 0 Å². The van der Waals surface area contributed by atoms with Crippen molar-refractivity contribution in [3.05, 3.63) is 0 Å². The molecule has 0 aromatic carbocycles. The van der Waals surface area contributed by atoms with E-state index in [1.54, 1.807) is 0 Å². The summed E-state index contributed by atoms with van der Waals surface area (Å²) >= 11 is 0. The van der Waals surface area contributed by atoms with Gasteiger partial charge in [-0.1, -0.05) is 6.42 Å². The van der Waals surface area contributed by atoms with E-state index in [2.05, 4.69) is 5.32 Å². The standard InChI is InChI=1S/C10H18F3N3O/c1-15-9(17)7-4-2-3-5-16(7)8(6-14)10(11,12)13/h7-8H,2-6,14H2,1H3,(H,15,17). The summed E-state index contributed by atoms with van der Waals surface area (Å²) in [5, 5.41) is 2.41. The van der Waals surface area contributed by atoms with Gasteiger partial charge >= 0.3 is 6.18 Å². The van der Waals surface area contributed by atoms with Gasteiger partial charge in [-0.05, 0) is 19.4 Å². The molecule has 0 aliphatic carbocycles. The molecule has 1 amide bonds. The molecule has 17 heavy (non-hydrogen) atoms. The number of carbonyl (C=O) groups excluding carboxylic acids is 1. The van der Waals surface area contributed by atoms with Crippen molar-refractivity contribution >= 4 is 5.91 Å². The molecule has 1 rings (SSSR count). The highest BCUT2D eigenvalue weighted by atomic mass is 19.4. The summed E-state index contributed by atoms with van der Waals surface area (Å²) in [7, 11) is 1.43. The second kappa shape index (κ2) is 5.68. The highest BCUT2D eigenvalue weighted by molar-refractivity contribution is 5.81. The number of likely N-dealkylation sites (N-methyl/N-ethyl adjacent to an activating group) is 1. The third-order valence-electron chi connectivity index (χ3n) is 3.09. The van der Waals surface area contributed by atoms with Crippen LogP contribution in [-0.4, -0.2) is 49.2 Å². The predicted molar refractivity (Wildman–Crippen MR) is 57.3 cm³/mol. The normalized spacial score (nSPS) is 24.4. The minimum Gasteiger partial charge on any atom is -0.358 e. The van der Waals surface area contributed by atoms with Gasteiger partial charge in [0.05, 0.1) is 6.04 Å². The lowest BCUT2D eigenvalue weighted by atomic mass is 9.98. The van der Waals surface area contributed by atoms with Crippen LogP contribution in [0.25, 0.3) is 0 Å². The number of hydrogen-bond acceptors (Lipinski definition) is 3. The van der Waals surface area contributed by atoms with Gasteiger partial charge in [0.1, 0.15) is 6.04 Å². The number of nitrogens with zero attached hydrogens (tertiary/aromatic N) is 1. The van der Waals surface area contributed by atoms with Crippen molar-refractivity contribution in [2.24, 2.45) is 5.73 Å². The highest BCUT2D eigenvalue weighted by Gasteiger charge is 2.46. The van der Waals surface area contributed by atoms with Gasteiger partial charge < -0.3 is 11.1 Å². The quantitative estimate of drug-likeness (QED) is 0.769. The van der Waals surface area contributed by atoms with E-state index in [0.29, 0.717) is 12.8 Å². The maximum Gasteiger partial charge on any atom is 0.405 e. The van der Waals surface area contributed by atoms with Gasteiger partial charge in [-0.15, -0.1) is 0 Å². The predicted octanol–water partition coefficient (Wildman–Crippen LogP) is 0.476. The third-order valence-corrected chi connectivity index (χ3v) is 3.09. The average Bonchev–Trinajstić information content (AvgIpc) is 2.28. The fourth-order valence-electron chi connectivity index (χ4n) is 2.23. The van der Waals surface area contributed by atoms with Crippen LogP contribution < -0.4 is 11.1 Å². The van der Waals surface area contributed by atoms with E-state index < -0.39 is 24.8 Å². The highest BCUT2D eigenvalue weighted by Crippen LogP contribution is 2.29. The second-order valence-corrected chi connectivity index (χ2v) is 4.16. The Morgan fingerprint density at radius 1 is 1.53 bits per heavy atom. The van der Waals surface area contributed by atoms with E-state index in [9.17, 15) is 18.0 Å². The molecule has 0 radical (unpaired) electrons. The van der Waals surface area contributed by atoms with Crippen LogP contribution in [0, 0.1) is 0 Å². The van der Waals surface area contributed by atoms with Crippen LogP contribution >= 0.6 is 0 Å². The SMILES string of the molecule is CNC(=O)C1CCCCN1C(CN)C(F)(F)F. The van der Waals surface area contributed by atoms with Gasteiger partial charge in [0.2, 0.25) is 5.91 Å².